The molecule has 1 radical (unpaired) electrons. The number of piperidine rings is 1. The maximum atomic E-state index is 11.7. The van der Waals surface area contributed by atoms with Crippen LogP contribution in [0.2, 0.25) is 6.32 Å². The normalized spacial score (nSPS) is 22.2. The molecular formula is C20H30BN2O3. The summed E-state index contributed by atoms with van der Waals surface area (Å²) in [5.41, 5.74) is 4.29. The van der Waals surface area contributed by atoms with Crippen LogP contribution in [0.4, 0.5) is 0 Å². The van der Waals surface area contributed by atoms with Gasteiger partial charge >= 0.3 is 5.97 Å². The molecule has 0 bridgehead atoms. The molecule has 1 aromatic rings. The van der Waals surface area contributed by atoms with Crippen molar-refractivity contribution in [3.63, 3.8) is 0 Å². The van der Waals surface area contributed by atoms with Gasteiger partial charge in [-0.3, -0.25) is 9.69 Å². The summed E-state index contributed by atoms with van der Waals surface area (Å²) in [6.45, 7) is 4.72. The Balaban J connectivity index is 1.54. The predicted molar refractivity (Wildman–Crippen MR) is 103 cm³/mol. The van der Waals surface area contributed by atoms with Crippen molar-refractivity contribution >= 4 is 13.5 Å². The molecule has 0 amide bonds. The number of aliphatic carboxylic acids is 1. The molecule has 1 fully saturated rings. The van der Waals surface area contributed by atoms with Crippen LogP contribution in [-0.2, 0) is 11.2 Å². The second-order valence-electron chi connectivity index (χ2n) is 7.72. The topological polar surface area (TPSA) is 72.8 Å². The van der Waals surface area contributed by atoms with E-state index in [1.54, 1.807) is 0 Å². The van der Waals surface area contributed by atoms with E-state index in [1.165, 1.54) is 23.1 Å². The van der Waals surface area contributed by atoms with Gasteiger partial charge in [0.1, 0.15) is 6.04 Å². The van der Waals surface area contributed by atoms with E-state index in [1.807, 2.05) is 0 Å². The van der Waals surface area contributed by atoms with Crippen molar-refractivity contribution in [1.82, 2.24) is 10.2 Å². The number of rotatable bonds is 8. The van der Waals surface area contributed by atoms with Gasteiger partial charge in [-0.2, -0.15) is 0 Å². The number of carbonyl (C=O) groups is 1. The summed E-state index contributed by atoms with van der Waals surface area (Å²) in [6, 6.07) is 6.83. The number of fused-ring (bicyclic) bond motifs is 1. The molecule has 1 saturated heterocycles. The minimum absolute atomic E-state index is 0.181. The number of hydrogen-bond acceptors (Lipinski definition) is 4. The summed E-state index contributed by atoms with van der Waals surface area (Å²) in [5, 5.41) is 21.5. The van der Waals surface area contributed by atoms with Crippen LogP contribution in [0.5, 0.6) is 0 Å². The zero-order chi connectivity index (χ0) is 18.5. The third-order valence-corrected chi connectivity index (χ3v) is 5.97. The van der Waals surface area contributed by atoms with Crippen molar-refractivity contribution in [3.05, 3.63) is 34.9 Å². The highest BCUT2D eigenvalue weighted by Gasteiger charge is 2.35. The van der Waals surface area contributed by atoms with Crippen LogP contribution in [0.3, 0.4) is 0 Å². The third kappa shape index (κ3) is 4.48. The summed E-state index contributed by atoms with van der Waals surface area (Å²) in [7, 11) is 1.14. The lowest BCUT2D eigenvalue weighted by Crippen LogP contribution is -2.48. The minimum Gasteiger partial charge on any atom is -0.480 e. The zero-order valence-corrected chi connectivity index (χ0v) is 15.7. The SMILES string of the molecule is Cc1ccc2c(c1)CCC2N1CCC(C(NCCC[B]O)C(=O)O)CC1. The predicted octanol–water partition coefficient (Wildman–Crippen LogP) is 2.16. The minimum atomic E-state index is -0.752. The summed E-state index contributed by atoms with van der Waals surface area (Å²) in [6.07, 6.45) is 5.54. The summed E-state index contributed by atoms with van der Waals surface area (Å²) < 4.78 is 0. The molecule has 0 saturated carbocycles. The second-order valence-corrected chi connectivity index (χ2v) is 7.72. The number of hydrogen-bond donors (Lipinski definition) is 3. The molecule has 1 aromatic carbocycles. The van der Waals surface area contributed by atoms with Crippen LogP contribution < -0.4 is 5.32 Å². The van der Waals surface area contributed by atoms with E-state index in [-0.39, 0.29) is 5.92 Å². The Morgan fingerprint density at radius 1 is 1.35 bits per heavy atom. The van der Waals surface area contributed by atoms with Gasteiger partial charge in [-0.1, -0.05) is 30.1 Å². The molecule has 26 heavy (non-hydrogen) atoms. The zero-order valence-electron chi connectivity index (χ0n) is 15.7. The van der Waals surface area contributed by atoms with E-state index in [9.17, 15) is 9.90 Å². The molecule has 1 heterocycles. The van der Waals surface area contributed by atoms with Crippen LogP contribution in [0.1, 0.15) is 48.4 Å². The Hall–Kier alpha value is -1.37. The van der Waals surface area contributed by atoms with Gasteiger partial charge in [-0.25, -0.2) is 0 Å². The maximum absolute atomic E-state index is 11.7. The Labute approximate surface area is 157 Å². The average Bonchev–Trinajstić information content (AvgIpc) is 3.04. The molecule has 5 nitrogen and oxygen atoms in total. The van der Waals surface area contributed by atoms with Crippen molar-refractivity contribution in [2.75, 3.05) is 19.6 Å². The molecule has 2 unspecified atom stereocenters. The Bertz CT molecular complexity index is 617. The van der Waals surface area contributed by atoms with Gasteiger partial charge in [-0.15, -0.1) is 0 Å². The van der Waals surface area contributed by atoms with E-state index in [2.05, 4.69) is 35.3 Å². The van der Waals surface area contributed by atoms with Crippen molar-refractivity contribution in [2.24, 2.45) is 5.92 Å². The lowest BCUT2D eigenvalue weighted by atomic mass is 9.87. The number of aryl methyl sites for hydroxylation is 2. The molecule has 3 rings (SSSR count). The number of nitrogens with one attached hydrogen (secondary N) is 1. The van der Waals surface area contributed by atoms with Crippen LogP contribution >= 0.6 is 0 Å². The van der Waals surface area contributed by atoms with E-state index >= 15 is 0 Å². The number of benzene rings is 1. The Morgan fingerprint density at radius 3 is 2.81 bits per heavy atom. The molecule has 3 N–H and O–H groups in total. The van der Waals surface area contributed by atoms with Crippen molar-refractivity contribution < 1.29 is 14.9 Å². The van der Waals surface area contributed by atoms with Gasteiger partial charge in [0, 0.05) is 6.04 Å². The highest BCUT2D eigenvalue weighted by atomic mass is 16.4. The molecule has 2 aliphatic rings. The largest absolute Gasteiger partial charge is 0.480 e. The first-order chi connectivity index (χ1) is 12.6. The molecule has 6 heteroatoms. The fourth-order valence-electron chi connectivity index (χ4n) is 4.57. The first-order valence-electron chi connectivity index (χ1n) is 9.85. The van der Waals surface area contributed by atoms with Crippen LogP contribution in [0.25, 0.3) is 0 Å². The van der Waals surface area contributed by atoms with Gasteiger partial charge in [0.25, 0.3) is 7.48 Å². The quantitative estimate of drug-likeness (QED) is 0.491. The molecule has 1 aliphatic carbocycles. The van der Waals surface area contributed by atoms with Crippen LogP contribution in [0, 0.1) is 12.8 Å². The average molecular weight is 357 g/mol. The van der Waals surface area contributed by atoms with E-state index < -0.39 is 12.0 Å². The molecular weight excluding hydrogens is 327 g/mol. The van der Waals surface area contributed by atoms with Crippen molar-refractivity contribution in [3.8, 4) is 0 Å². The van der Waals surface area contributed by atoms with E-state index in [0.717, 1.165) is 46.3 Å². The Kier molecular flexibility index (Phi) is 6.73. The third-order valence-electron chi connectivity index (χ3n) is 5.97. The van der Waals surface area contributed by atoms with Crippen molar-refractivity contribution in [1.29, 1.82) is 0 Å². The van der Waals surface area contributed by atoms with Gasteiger partial charge in [0.15, 0.2) is 0 Å². The monoisotopic (exact) mass is 357 g/mol. The standard InChI is InChI=1S/C20H30BN2O3/c1-14-3-5-17-16(13-14)4-6-18(17)23-11-7-15(8-12-23)19(20(24)25)22-10-2-9-21-26/h3,5,13,15,18-19,22,26H,2,4,6-12H2,1H3,(H,24,25). The fourth-order valence-corrected chi connectivity index (χ4v) is 4.57. The van der Waals surface area contributed by atoms with E-state index in [0.29, 0.717) is 18.9 Å². The van der Waals surface area contributed by atoms with Crippen molar-refractivity contribution in [2.45, 2.75) is 57.4 Å². The molecule has 0 spiro atoms. The summed E-state index contributed by atoms with van der Waals surface area (Å²) >= 11 is 0. The number of carboxylic acid groups (broad SMARTS) is 1. The molecule has 141 valence electrons. The molecule has 2 atom stereocenters. The van der Waals surface area contributed by atoms with Gasteiger partial charge in [0.2, 0.25) is 0 Å². The Morgan fingerprint density at radius 2 is 2.12 bits per heavy atom. The first-order valence-corrected chi connectivity index (χ1v) is 9.85. The lowest BCUT2D eigenvalue weighted by Gasteiger charge is -2.38. The number of likely N-dealkylation sites (tertiary alicyclic amines) is 1. The van der Waals surface area contributed by atoms with E-state index in [4.69, 9.17) is 5.02 Å². The molecule has 0 aromatic heterocycles. The fraction of sp³-hybridized carbons (Fsp3) is 0.650. The smallest absolute Gasteiger partial charge is 0.320 e. The number of nitrogens with zero attached hydrogens (tertiary/aromatic N) is 1. The first kappa shape index (κ1) is 19.4. The highest BCUT2D eigenvalue weighted by molar-refractivity contribution is 6.25. The van der Waals surface area contributed by atoms with Gasteiger partial charge < -0.3 is 15.4 Å². The maximum Gasteiger partial charge on any atom is 0.320 e. The lowest BCUT2D eigenvalue weighted by molar-refractivity contribution is -0.141. The second kappa shape index (κ2) is 9.02. The highest BCUT2D eigenvalue weighted by Crippen LogP contribution is 2.38. The summed E-state index contributed by atoms with van der Waals surface area (Å²) in [5.74, 6) is -0.570. The van der Waals surface area contributed by atoms with Gasteiger partial charge in [-0.05, 0) is 75.7 Å². The van der Waals surface area contributed by atoms with Gasteiger partial charge in [0.05, 0.1) is 0 Å². The van der Waals surface area contributed by atoms with Crippen LogP contribution in [-0.4, -0.2) is 54.2 Å². The summed E-state index contributed by atoms with van der Waals surface area (Å²) in [4.78, 5) is 14.2. The molecule has 1 aliphatic heterocycles. The van der Waals surface area contributed by atoms with Crippen LogP contribution in [0.15, 0.2) is 18.2 Å². The number of carboxylic acids is 1.